The Morgan fingerprint density at radius 1 is 1.16 bits per heavy atom. The van der Waals surface area contributed by atoms with Gasteiger partial charge in [-0.2, -0.15) is 4.52 Å². The van der Waals surface area contributed by atoms with Gasteiger partial charge < -0.3 is 24.2 Å². The van der Waals surface area contributed by atoms with Crippen LogP contribution in [-0.4, -0.2) is 62.1 Å². The molecule has 3 aromatic heterocycles. The lowest BCUT2D eigenvalue weighted by atomic mass is 10.1. The summed E-state index contributed by atoms with van der Waals surface area (Å²) in [6, 6.07) is 9.46. The number of carbonyl (C=O) groups is 1. The Morgan fingerprint density at radius 3 is 2.68 bits per heavy atom. The van der Waals surface area contributed by atoms with Crippen molar-refractivity contribution >= 4 is 22.3 Å². The second kappa shape index (κ2) is 9.51. The molecule has 5 heterocycles. The number of ether oxygens (including phenoxy) is 2. The maximum absolute atomic E-state index is 12.9. The number of nitrogens with zero attached hydrogens (tertiary/aromatic N) is 6. The molecule has 1 aromatic carbocycles. The number of dihydropyridines is 1. The molecule has 0 saturated carbocycles. The van der Waals surface area contributed by atoms with Gasteiger partial charge in [-0.3, -0.25) is 4.79 Å². The first-order valence-corrected chi connectivity index (χ1v) is 12.0. The first kappa shape index (κ1) is 22.9. The van der Waals surface area contributed by atoms with Crippen molar-refractivity contribution < 1.29 is 18.8 Å². The summed E-state index contributed by atoms with van der Waals surface area (Å²) in [7, 11) is 1.72. The van der Waals surface area contributed by atoms with Crippen LogP contribution in [0.1, 0.15) is 18.6 Å². The number of aromatic nitrogens is 5. The van der Waals surface area contributed by atoms with Crippen LogP contribution in [-0.2, 0) is 9.53 Å². The fourth-order valence-corrected chi connectivity index (χ4v) is 4.51. The number of nitrogens with one attached hydrogen (secondary N) is 1. The second-order valence-electron chi connectivity index (χ2n) is 8.93. The smallest absolute Gasteiger partial charge is 0.255 e. The van der Waals surface area contributed by atoms with E-state index < -0.39 is 0 Å². The third-order valence-electron chi connectivity index (χ3n) is 6.53. The van der Waals surface area contributed by atoms with Crippen LogP contribution in [0.25, 0.3) is 27.9 Å². The number of hydrogen-bond donors (Lipinski definition) is 1. The van der Waals surface area contributed by atoms with E-state index in [1.807, 2.05) is 36.1 Å². The minimum atomic E-state index is -0.000358. The molecule has 11 nitrogen and oxygen atoms in total. The Morgan fingerprint density at radius 2 is 1.97 bits per heavy atom. The predicted molar refractivity (Wildman–Crippen MR) is 134 cm³/mol. The molecular weight excluding hydrogens is 474 g/mol. The van der Waals surface area contributed by atoms with Gasteiger partial charge in [0.15, 0.2) is 11.3 Å². The van der Waals surface area contributed by atoms with Crippen molar-refractivity contribution in [1.29, 1.82) is 0 Å². The lowest BCUT2D eigenvalue weighted by Gasteiger charge is -2.31. The Bertz CT molecular complexity index is 1570. The number of methoxy groups -OCH3 is 1. The van der Waals surface area contributed by atoms with Crippen molar-refractivity contribution in [2.24, 2.45) is 0 Å². The van der Waals surface area contributed by atoms with Crippen molar-refractivity contribution in [2.45, 2.75) is 25.9 Å². The van der Waals surface area contributed by atoms with E-state index in [0.717, 1.165) is 23.6 Å². The van der Waals surface area contributed by atoms with E-state index in [1.165, 1.54) is 0 Å². The highest BCUT2D eigenvalue weighted by Gasteiger charge is 2.24. The van der Waals surface area contributed by atoms with Gasteiger partial charge in [0, 0.05) is 43.2 Å². The number of fused-ring (bicyclic) bond motifs is 3. The standard InChI is InChI=1S/C26H25N7O4/c1-16-13-22(31-37-16)24-29-28-23-20-5-3-4-6-21(20)25(30-33(23)24)36-15-18-8-7-17(14-27-18)26(34)32-11-9-19(35-2)10-12-32/h3-8,13-15,19,27H,9-12H2,1-2H3. The molecule has 1 amide bonds. The van der Waals surface area contributed by atoms with Gasteiger partial charge in [0.1, 0.15) is 12.0 Å². The van der Waals surface area contributed by atoms with E-state index in [9.17, 15) is 4.79 Å². The van der Waals surface area contributed by atoms with E-state index in [1.54, 1.807) is 42.3 Å². The zero-order chi connectivity index (χ0) is 25.4. The van der Waals surface area contributed by atoms with Gasteiger partial charge in [0.25, 0.3) is 5.91 Å². The van der Waals surface area contributed by atoms with Crippen LogP contribution in [0.15, 0.2) is 70.7 Å². The van der Waals surface area contributed by atoms with E-state index in [-0.39, 0.29) is 12.0 Å². The maximum atomic E-state index is 12.9. The van der Waals surface area contributed by atoms with E-state index in [4.69, 9.17) is 14.0 Å². The van der Waals surface area contributed by atoms with Crippen LogP contribution in [0.4, 0.5) is 0 Å². The summed E-state index contributed by atoms with van der Waals surface area (Å²) in [5.41, 5.74) is 2.39. The van der Waals surface area contributed by atoms with Crippen LogP contribution < -0.4 is 10.1 Å². The number of benzene rings is 1. The van der Waals surface area contributed by atoms with Gasteiger partial charge in [-0.1, -0.05) is 23.4 Å². The Kier molecular flexibility index (Phi) is 5.89. The molecule has 11 heteroatoms. The molecule has 4 aromatic rings. The van der Waals surface area contributed by atoms with Crippen molar-refractivity contribution in [2.75, 3.05) is 20.2 Å². The topological polar surface area (TPSA) is 120 Å². The van der Waals surface area contributed by atoms with Gasteiger partial charge in [-0.15, -0.1) is 15.3 Å². The highest BCUT2D eigenvalue weighted by atomic mass is 16.5. The summed E-state index contributed by atoms with van der Waals surface area (Å²) in [5, 5.41) is 22.1. The normalized spacial score (nSPS) is 17.4. The van der Waals surface area contributed by atoms with Crippen LogP contribution in [0.3, 0.4) is 0 Å². The first-order valence-electron chi connectivity index (χ1n) is 12.0. The van der Waals surface area contributed by atoms with Gasteiger partial charge in [0.05, 0.1) is 17.4 Å². The van der Waals surface area contributed by atoms with E-state index in [0.29, 0.717) is 53.2 Å². The van der Waals surface area contributed by atoms with Crippen molar-refractivity contribution in [1.82, 2.24) is 35.2 Å². The lowest BCUT2D eigenvalue weighted by molar-refractivity contribution is -0.129. The molecule has 0 aliphatic carbocycles. The van der Waals surface area contributed by atoms with Crippen LogP contribution >= 0.6 is 0 Å². The SMILES string of the molecule is COC1CCN(C(=O)C2=CNC(=COc3nn4c(-c5cc(C)on5)nnc4c4ccccc34)C=C2)CC1. The predicted octanol–water partition coefficient (Wildman–Crippen LogP) is 3.14. The monoisotopic (exact) mass is 499 g/mol. The van der Waals surface area contributed by atoms with Crippen LogP contribution in [0, 0.1) is 6.92 Å². The average molecular weight is 500 g/mol. The molecule has 1 fully saturated rings. The minimum absolute atomic E-state index is 0.000358. The summed E-state index contributed by atoms with van der Waals surface area (Å²) < 4.78 is 18.2. The molecule has 37 heavy (non-hydrogen) atoms. The molecule has 0 bridgehead atoms. The van der Waals surface area contributed by atoms with E-state index in [2.05, 4.69) is 25.8 Å². The number of carbonyl (C=O) groups excluding carboxylic acids is 1. The molecule has 2 aliphatic rings. The molecular formula is C26H25N7O4. The van der Waals surface area contributed by atoms with Crippen LogP contribution in [0.5, 0.6) is 5.88 Å². The molecule has 0 atom stereocenters. The molecule has 0 radical (unpaired) electrons. The summed E-state index contributed by atoms with van der Waals surface area (Å²) >= 11 is 0. The number of likely N-dealkylation sites (tertiary alicyclic amines) is 1. The molecule has 1 N–H and O–H groups in total. The number of rotatable bonds is 5. The molecule has 1 saturated heterocycles. The Hall–Kier alpha value is -4.51. The first-order chi connectivity index (χ1) is 18.1. The van der Waals surface area contributed by atoms with Gasteiger partial charge in [-0.25, -0.2) is 0 Å². The quantitative estimate of drug-likeness (QED) is 0.413. The molecule has 2 aliphatic heterocycles. The fourth-order valence-electron chi connectivity index (χ4n) is 4.51. The van der Waals surface area contributed by atoms with Gasteiger partial charge in [-0.05, 0) is 38.0 Å². The van der Waals surface area contributed by atoms with Crippen molar-refractivity contribution in [3.05, 3.63) is 72.0 Å². The maximum Gasteiger partial charge on any atom is 0.255 e. The number of hydrogen-bond acceptors (Lipinski definition) is 9. The van der Waals surface area contributed by atoms with Gasteiger partial charge in [0.2, 0.25) is 11.7 Å². The molecule has 0 spiro atoms. The zero-order valence-corrected chi connectivity index (χ0v) is 20.4. The van der Waals surface area contributed by atoms with E-state index >= 15 is 0 Å². The fraction of sp³-hybridized carbons (Fsp3) is 0.269. The summed E-state index contributed by atoms with van der Waals surface area (Å²) in [6.45, 7) is 3.19. The summed E-state index contributed by atoms with van der Waals surface area (Å²) in [5.74, 6) is 1.49. The minimum Gasteiger partial charge on any atom is -0.443 e. The average Bonchev–Trinajstić information content (AvgIpc) is 3.57. The third kappa shape index (κ3) is 4.33. The molecule has 6 rings (SSSR count). The number of allylic oxidation sites excluding steroid dienone is 1. The van der Waals surface area contributed by atoms with Crippen molar-refractivity contribution in [3.8, 4) is 17.4 Å². The zero-order valence-electron chi connectivity index (χ0n) is 20.4. The molecule has 0 unspecified atom stereocenters. The third-order valence-corrected chi connectivity index (χ3v) is 6.53. The summed E-state index contributed by atoms with van der Waals surface area (Å²) in [6.07, 6.45) is 8.77. The van der Waals surface area contributed by atoms with Crippen molar-refractivity contribution in [3.63, 3.8) is 0 Å². The van der Waals surface area contributed by atoms with Gasteiger partial charge >= 0.3 is 0 Å². The highest BCUT2D eigenvalue weighted by molar-refractivity contribution is 5.97. The second-order valence-corrected chi connectivity index (χ2v) is 8.93. The number of piperidine rings is 1. The summed E-state index contributed by atoms with van der Waals surface area (Å²) in [4.78, 5) is 14.7. The molecule has 188 valence electrons. The Labute approximate surface area is 212 Å². The van der Waals surface area contributed by atoms with Crippen LogP contribution in [0.2, 0.25) is 0 Å². The number of amides is 1. The Balaban J connectivity index is 1.23. The lowest BCUT2D eigenvalue weighted by Crippen LogP contribution is -2.41. The number of aryl methyl sites for hydroxylation is 1. The highest BCUT2D eigenvalue weighted by Crippen LogP contribution is 2.29. The largest absolute Gasteiger partial charge is 0.443 e.